The highest BCUT2D eigenvalue weighted by atomic mass is 35.5. The summed E-state index contributed by atoms with van der Waals surface area (Å²) in [5, 5.41) is 0.243. The Bertz CT molecular complexity index is 488. The molecular weight excluding hydrogens is 303 g/mol. The van der Waals surface area contributed by atoms with Crippen molar-refractivity contribution in [3.8, 4) is 0 Å². The molecule has 0 N–H and O–H groups in total. The van der Waals surface area contributed by atoms with Crippen molar-refractivity contribution in [3.63, 3.8) is 0 Å². The molecule has 3 unspecified atom stereocenters. The van der Waals surface area contributed by atoms with E-state index in [2.05, 4.69) is 0 Å². The van der Waals surface area contributed by atoms with Gasteiger partial charge >= 0.3 is 0 Å². The van der Waals surface area contributed by atoms with Gasteiger partial charge in [0, 0.05) is 27.1 Å². The van der Waals surface area contributed by atoms with Crippen LogP contribution in [0, 0.1) is 5.92 Å². The lowest BCUT2D eigenvalue weighted by Gasteiger charge is -2.14. The summed E-state index contributed by atoms with van der Waals surface area (Å²) in [4.78, 5) is 12.3. The van der Waals surface area contributed by atoms with E-state index in [-0.39, 0.29) is 5.78 Å². The van der Waals surface area contributed by atoms with Gasteiger partial charge in [0.2, 0.25) is 0 Å². The second kappa shape index (κ2) is 7.41. The maximum atomic E-state index is 12.3. The second-order valence-corrected chi connectivity index (χ2v) is 7.34. The van der Waals surface area contributed by atoms with Crippen LogP contribution in [0.25, 0.3) is 0 Å². The third kappa shape index (κ3) is 4.59. The molecule has 5 heteroatoms. The van der Waals surface area contributed by atoms with Gasteiger partial charge in [-0.3, -0.25) is 9.00 Å². The molecular formula is C14H18Cl2O2S. The van der Waals surface area contributed by atoms with Crippen molar-refractivity contribution < 1.29 is 9.00 Å². The monoisotopic (exact) mass is 320 g/mol. The second-order valence-electron chi connectivity index (χ2n) is 4.69. The Hall–Kier alpha value is -0.380. The van der Waals surface area contributed by atoms with Crippen LogP contribution >= 0.6 is 23.2 Å². The molecule has 1 aromatic carbocycles. The Balaban J connectivity index is 2.84. The summed E-state index contributed by atoms with van der Waals surface area (Å²) < 4.78 is 12.1. The summed E-state index contributed by atoms with van der Waals surface area (Å²) in [5.74, 6) is 0.689. The molecule has 1 rings (SSSR count). The van der Waals surface area contributed by atoms with Crippen LogP contribution < -0.4 is 0 Å². The number of rotatable bonds is 6. The van der Waals surface area contributed by atoms with Crippen LogP contribution in [0.4, 0.5) is 0 Å². The summed E-state index contributed by atoms with van der Waals surface area (Å²) in [6, 6.07) is 4.73. The van der Waals surface area contributed by atoms with E-state index in [0.29, 0.717) is 27.3 Å². The molecule has 0 aliphatic carbocycles. The predicted molar refractivity (Wildman–Crippen MR) is 82.7 cm³/mol. The Morgan fingerprint density at radius 2 is 1.95 bits per heavy atom. The minimum absolute atomic E-state index is 0.191. The van der Waals surface area contributed by atoms with Gasteiger partial charge < -0.3 is 0 Å². The number of hydrogen-bond donors (Lipinski definition) is 0. The first-order valence-electron chi connectivity index (χ1n) is 6.23. The minimum atomic E-state index is -1.18. The number of halogens is 2. The minimum Gasteiger partial charge on any atom is -0.293 e. The average Bonchev–Trinajstić information content (AvgIpc) is 2.36. The quantitative estimate of drug-likeness (QED) is 0.730. The smallest absolute Gasteiger partial charge is 0.179 e. The first kappa shape index (κ1) is 16.7. The van der Waals surface area contributed by atoms with Crippen LogP contribution in [0.5, 0.6) is 0 Å². The highest BCUT2D eigenvalue weighted by molar-refractivity contribution is 7.86. The highest BCUT2D eigenvalue weighted by Gasteiger charge is 2.24. The first-order chi connectivity index (χ1) is 8.86. The standard InChI is InChI=1S/C14H18Cl2O2S/c1-4-9(2)8-19(18)10(3)14(17)12-6-5-11(15)7-13(12)16/h5-7,9-10H,4,8H2,1-3H3. The third-order valence-corrected chi connectivity index (χ3v) is 5.55. The van der Waals surface area contributed by atoms with E-state index in [9.17, 15) is 9.00 Å². The van der Waals surface area contributed by atoms with E-state index in [4.69, 9.17) is 23.2 Å². The molecule has 0 saturated heterocycles. The van der Waals surface area contributed by atoms with Gasteiger partial charge in [-0.05, 0) is 31.0 Å². The Labute approximate surface area is 126 Å². The van der Waals surface area contributed by atoms with Crippen molar-refractivity contribution in [2.75, 3.05) is 5.75 Å². The number of benzene rings is 1. The summed E-state index contributed by atoms with van der Waals surface area (Å²) in [6.45, 7) is 5.76. The van der Waals surface area contributed by atoms with Gasteiger partial charge in [0.15, 0.2) is 5.78 Å². The number of ketones is 1. The summed E-state index contributed by atoms with van der Waals surface area (Å²) in [5.41, 5.74) is 0.385. The van der Waals surface area contributed by atoms with Gasteiger partial charge in [0.05, 0.1) is 10.3 Å². The lowest BCUT2D eigenvalue weighted by Crippen LogP contribution is -2.26. The molecule has 1 aromatic rings. The van der Waals surface area contributed by atoms with E-state index in [1.807, 2.05) is 13.8 Å². The summed E-state index contributed by atoms with van der Waals surface area (Å²) in [7, 11) is -1.18. The fraction of sp³-hybridized carbons (Fsp3) is 0.500. The van der Waals surface area contributed by atoms with Gasteiger partial charge in [0.25, 0.3) is 0 Å². The Morgan fingerprint density at radius 1 is 1.32 bits per heavy atom. The molecule has 19 heavy (non-hydrogen) atoms. The maximum absolute atomic E-state index is 12.3. The van der Waals surface area contributed by atoms with Crippen molar-refractivity contribution in [2.24, 2.45) is 5.92 Å². The van der Waals surface area contributed by atoms with Crippen molar-refractivity contribution >= 4 is 39.8 Å². The molecule has 0 saturated carbocycles. The van der Waals surface area contributed by atoms with Crippen molar-refractivity contribution in [1.29, 1.82) is 0 Å². The van der Waals surface area contributed by atoms with Gasteiger partial charge in [-0.2, -0.15) is 0 Å². The first-order valence-corrected chi connectivity index (χ1v) is 8.37. The summed E-state index contributed by atoms with van der Waals surface area (Å²) >= 11 is 11.8. The molecule has 0 bridgehead atoms. The van der Waals surface area contributed by atoms with Crippen LogP contribution in [0.3, 0.4) is 0 Å². The molecule has 2 nitrogen and oxygen atoms in total. The summed E-state index contributed by atoms with van der Waals surface area (Å²) in [6.07, 6.45) is 0.953. The average molecular weight is 321 g/mol. The van der Waals surface area contributed by atoms with Gasteiger partial charge in [-0.1, -0.05) is 43.5 Å². The number of carbonyl (C=O) groups is 1. The fourth-order valence-electron chi connectivity index (χ4n) is 1.57. The van der Waals surface area contributed by atoms with Crippen molar-refractivity contribution in [1.82, 2.24) is 0 Å². The zero-order chi connectivity index (χ0) is 14.6. The SMILES string of the molecule is CCC(C)CS(=O)C(C)C(=O)c1ccc(Cl)cc1Cl. The van der Waals surface area contributed by atoms with Crippen LogP contribution in [-0.2, 0) is 10.8 Å². The molecule has 106 valence electrons. The van der Waals surface area contributed by atoms with Crippen LogP contribution in [-0.4, -0.2) is 21.0 Å². The topological polar surface area (TPSA) is 34.1 Å². The van der Waals surface area contributed by atoms with E-state index in [1.54, 1.807) is 19.1 Å². The zero-order valence-corrected chi connectivity index (χ0v) is 13.6. The molecule has 0 heterocycles. The number of carbonyl (C=O) groups excluding carboxylic acids is 1. The van der Waals surface area contributed by atoms with Crippen LogP contribution in [0.2, 0.25) is 10.0 Å². The van der Waals surface area contributed by atoms with Crippen LogP contribution in [0.15, 0.2) is 18.2 Å². The van der Waals surface area contributed by atoms with Gasteiger partial charge in [0.1, 0.15) is 0 Å². The highest BCUT2D eigenvalue weighted by Crippen LogP contribution is 2.23. The normalized spacial score (nSPS) is 15.8. The lowest BCUT2D eigenvalue weighted by molar-refractivity contribution is 0.0993. The molecule has 0 amide bonds. The Kier molecular flexibility index (Phi) is 6.51. The molecule has 3 atom stereocenters. The van der Waals surface area contributed by atoms with E-state index in [1.165, 1.54) is 6.07 Å². The van der Waals surface area contributed by atoms with E-state index in [0.717, 1.165) is 6.42 Å². The lowest BCUT2D eigenvalue weighted by atomic mass is 10.1. The molecule has 0 aliphatic heterocycles. The predicted octanol–water partition coefficient (Wildman–Crippen LogP) is 4.36. The molecule has 0 fully saturated rings. The largest absolute Gasteiger partial charge is 0.293 e. The molecule has 0 aliphatic rings. The van der Waals surface area contributed by atoms with E-state index < -0.39 is 16.0 Å². The number of Topliss-reactive ketones (excluding diaryl/α,β-unsaturated/α-hetero) is 1. The van der Waals surface area contributed by atoms with Gasteiger partial charge in [-0.15, -0.1) is 0 Å². The van der Waals surface area contributed by atoms with Crippen molar-refractivity contribution in [2.45, 2.75) is 32.4 Å². The number of hydrogen-bond acceptors (Lipinski definition) is 2. The van der Waals surface area contributed by atoms with Crippen LogP contribution in [0.1, 0.15) is 37.6 Å². The Morgan fingerprint density at radius 3 is 2.47 bits per heavy atom. The van der Waals surface area contributed by atoms with Crippen molar-refractivity contribution in [3.05, 3.63) is 33.8 Å². The maximum Gasteiger partial charge on any atom is 0.179 e. The zero-order valence-electron chi connectivity index (χ0n) is 11.3. The fourth-order valence-corrected chi connectivity index (χ4v) is 3.52. The molecule has 0 spiro atoms. The third-order valence-electron chi connectivity index (χ3n) is 3.11. The van der Waals surface area contributed by atoms with E-state index >= 15 is 0 Å². The van der Waals surface area contributed by atoms with Gasteiger partial charge in [-0.25, -0.2) is 0 Å². The molecule has 0 radical (unpaired) electrons. The molecule has 0 aromatic heterocycles.